The first kappa shape index (κ1) is 21.0. The minimum Gasteiger partial charge on any atom is -0.352 e. The zero-order valence-electron chi connectivity index (χ0n) is 14.8. The lowest BCUT2D eigenvalue weighted by molar-refractivity contribution is -0.121. The monoisotopic (exact) mass is 416 g/mol. The predicted octanol–water partition coefficient (Wildman–Crippen LogP) is 3.61. The Labute approximate surface area is 169 Å². The van der Waals surface area contributed by atoms with Gasteiger partial charge in [0.15, 0.2) is 0 Å². The van der Waals surface area contributed by atoms with Crippen LogP contribution in [0.1, 0.15) is 29.8 Å². The van der Waals surface area contributed by atoms with Crippen molar-refractivity contribution in [3.05, 3.63) is 45.2 Å². The molecule has 26 heavy (non-hydrogen) atoms. The molecule has 1 fully saturated rings. The van der Waals surface area contributed by atoms with E-state index in [1.807, 2.05) is 19.9 Å². The summed E-state index contributed by atoms with van der Waals surface area (Å²) in [7, 11) is 0. The van der Waals surface area contributed by atoms with Crippen LogP contribution in [0.25, 0.3) is 5.69 Å². The Hall–Kier alpha value is -1.27. The van der Waals surface area contributed by atoms with Crippen molar-refractivity contribution in [1.29, 1.82) is 0 Å². The summed E-state index contributed by atoms with van der Waals surface area (Å²) in [5.41, 5.74) is 9.14. The Balaban J connectivity index is 0.00000243. The van der Waals surface area contributed by atoms with Gasteiger partial charge in [-0.25, -0.2) is 4.68 Å². The van der Waals surface area contributed by atoms with E-state index in [1.54, 1.807) is 16.8 Å². The number of nitrogens with zero attached hydrogens (tertiary/aromatic N) is 2. The molecule has 0 bridgehead atoms. The molecule has 8 heteroatoms. The number of aryl methyl sites for hydroxylation is 1. The molecule has 3 N–H and O–H groups in total. The van der Waals surface area contributed by atoms with Crippen LogP contribution in [-0.2, 0) is 11.2 Å². The zero-order valence-corrected chi connectivity index (χ0v) is 17.1. The first-order valence-corrected chi connectivity index (χ1v) is 9.16. The molecular weight excluding hydrogens is 395 g/mol. The fourth-order valence-corrected chi connectivity index (χ4v) is 3.59. The second kappa shape index (κ2) is 8.61. The quantitative estimate of drug-likeness (QED) is 0.754. The molecule has 1 saturated carbocycles. The third-order valence-electron chi connectivity index (χ3n) is 4.71. The van der Waals surface area contributed by atoms with Gasteiger partial charge < -0.3 is 11.1 Å². The van der Waals surface area contributed by atoms with Crippen LogP contribution >= 0.6 is 35.6 Å². The highest BCUT2D eigenvalue weighted by Gasteiger charge is 2.31. The second-order valence-electron chi connectivity index (χ2n) is 6.58. The molecule has 1 amide bonds. The summed E-state index contributed by atoms with van der Waals surface area (Å²) >= 11 is 12.3. The van der Waals surface area contributed by atoms with Gasteiger partial charge in [0.05, 0.1) is 22.8 Å². The van der Waals surface area contributed by atoms with Crippen LogP contribution in [0, 0.1) is 19.8 Å². The van der Waals surface area contributed by atoms with Crippen molar-refractivity contribution in [3.8, 4) is 5.69 Å². The van der Waals surface area contributed by atoms with Gasteiger partial charge in [-0.1, -0.05) is 23.2 Å². The zero-order chi connectivity index (χ0) is 18.1. The highest BCUT2D eigenvalue weighted by Crippen LogP contribution is 2.32. The van der Waals surface area contributed by atoms with E-state index in [0.29, 0.717) is 22.5 Å². The number of benzene rings is 1. The summed E-state index contributed by atoms with van der Waals surface area (Å²) in [5.74, 6) is 0.516. The van der Waals surface area contributed by atoms with Gasteiger partial charge in [0.25, 0.3) is 0 Å². The van der Waals surface area contributed by atoms with Gasteiger partial charge in [0.2, 0.25) is 5.91 Å². The highest BCUT2D eigenvalue weighted by atomic mass is 35.5. The molecule has 0 spiro atoms. The van der Waals surface area contributed by atoms with Crippen LogP contribution in [0.3, 0.4) is 0 Å². The lowest BCUT2D eigenvalue weighted by Crippen LogP contribution is -2.42. The van der Waals surface area contributed by atoms with Gasteiger partial charge in [-0.15, -0.1) is 12.4 Å². The van der Waals surface area contributed by atoms with E-state index in [-0.39, 0.29) is 30.8 Å². The average Bonchev–Trinajstić information content (AvgIpc) is 3.36. The van der Waals surface area contributed by atoms with E-state index in [2.05, 4.69) is 10.4 Å². The summed E-state index contributed by atoms with van der Waals surface area (Å²) in [6, 6.07) is 5.36. The molecule has 0 saturated heterocycles. The topological polar surface area (TPSA) is 72.9 Å². The van der Waals surface area contributed by atoms with Crippen LogP contribution in [0.2, 0.25) is 10.0 Å². The summed E-state index contributed by atoms with van der Waals surface area (Å²) in [4.78, 5) is 12.4. The molecule has 2 aromatic rings. The van der Waals surface area contributed by atoms with Gasteiger partial charge in [0, 0.05) is 28.9 Å². The van der Waals surface area contributed by atoms with Crippen molar-refractivity contribution in [2.24, 2.45) is 11.7 Å². The third kappa shape index (κ3) is 4.52. The number of nitrogens with two attached hydrogens (primary N) is 1. The number of hydrogen-bond donors (Lipinski definition) is 2. The molecule has 3 rings (SSSR count). The molecule has 0 aliphatic heterocycles. The molecule has 1 heterocycles. The standard InChI is InChI=1S/C18H22Cl2N4O.ClH/c1-10-14(8-18(25)22-16(9-21)12-3-4-12)11(2)24(23-10)17-6-5-13(19)7-15(17)20;/h5-7,12,16H,3-4,8-9,21H2,1-2H3,(H,22,25);1H. The van der Waals surface area contributed by atoms with E-state index in [9.17, 15) is 4.79 Å². The lowest BCUT2D eigenvalue weighted by atomic mass is 10.1. The van der Waals surface area contributed by atoms with E-state index >= 15 is 0 Å². The Bertz CT molecular complexity index is 802. The summed E-state index contributed by atoms with van der Waals surface area (Å²) in [5, 5.41) is 8.70. The van der Waals surface area contributed by atoms with Crippen LogP contribution in [0.4, 0.5) is 0 Å². The second-order valence-corrected chi connectivity index (χ2v) is 7.42. The Morgan fingerprint density at radius 3 is 2.65 bits per heavy atom. The maximum atomic E-state index is 12.4. The predicted molar refractivity (Wildman–Crippen MR) is 108 cm³/mol. The maximum Gasteiger partial charge on any atom is 0.224 e. The van der Waals surface area contributed by atoms with E-state index in [1.165, 1.54) is 0 Å². The number of rotatable bonds is 6. The Kier molecular flexibility index (Phi) is 6.97. The van der Waals surface area contributed by atoms with Crippen molar-refractivity contribution < 1.29 is 4.79 Å². The molecule has 1 aromatic heterocycles. The first-order chi connectivity index (χ1) is 11.9. The van der Waals surface area contributed by atoms with Gasteiger partial charge >= 0.3 is 0 Å². The van der Waals surface area contributed by atoms with Crippen LogP contribution in [0.5, 0.6) is 0 Å². The number of hydrogen-bond acceptors (Lipinski definition) is 3. The van der Waals surface area contributed by atoms with Crippen LogP contribution < -0.4 is 11.1 Å². The SMILES string of the molecule is Cc1nn(-c2ccc(Cl)cc2Cl)c(C)c1CC(=O)NC(CN)C1CC1.Cl. The van der Waals surface area contributed by atoms with Gasteiger partial charge in [0.1, 0.15) is 0 Å². The number of carbonyl (C=O) groups excluding carboxylic acids is 1. The van der Waals surface area contributed by atoms with E-state index in [0.717, 1.165) is 35.5 Å². The van der Waals surface area contributed by atoms with Crippen molar-refractivity contribution in [3.63, 3.8) is 0 Å². The summed E-state index contributed by atoms with van der Waals surface area (Å²) in [6.45, 7) is 4.32. The van der Waals surface area contributed by atoms with Crippen molar-refractivity contribution in [2.75, 3.05) is 6.54 Å². The molecule has 1 unspecified atom stereocenters. The van der Waals surface area contributed by atoms with E-state index < -0.39 is 0 Å². The van der Waals surface area contributed by atoms with E-state index in [4.69, 9.17) is 28.9 Å². The summed E-state index contributed by atoms with van der Waals surface area (Å²) < 4.78 is 1.76. The number of halogens is 3. The van der Waals surface area contributed by atoms with Crippen LogP contribution in [-0.4, -0.2) is 28.3 Å². The smallest absolute Gasteiger partial charge is 0.224 e. The molecule has 5 nitrogen and oxygen atoms in total. The number of nitrogens with one attached hydrogen (secondary N) is 1. The molecule has 1 atom stereocenters. The maximum absolute atomic E-state index is 12.4. The van der Waals surface area contributed by atoms with Crippen molar-refractivity contribution in [1.82, 2.24) is 15.1 Å². The number of carbonyl (C=O) groups is 1. The van der Waals surface area contributed by atoms with Crippen molar-refractivity contribution >= 4 is 41.5 Å². The largest absolute Gasteiger partial charge is 0.352 e. The minimum absolute atomic E-state index is 0. The molecule has 0 radical (unpaired) electrons. The average molecular weight is 418 g/mol. The van der Waals surface area contributed by atoms with Crippen molar-refractivity contribution in [2.45, 2.75) is 39.2 Å². The minimum atomic E-state index is -0.0182. The Morgan fingerprint density at radius 1 is 1.38 bits per heavy atom. The number of amides is 1. The lowest BCUT2D eigenvalue weighted by Gasteiger charge is -2.16. The molecular formula is C18H23Cl3N4O. The number of aromatic nitrogens is 2. The normalized spacial score (nSPS) is 14.7. The van der Waals surface area contributed by atoms with Gasteiger partial charge in [-0.2, -0.15) is 5.10 Å². The Morgan fingerprint density at radius 2 is 2.08 bits per heavy atom. The van der Waals surface area contributed by atoms with Gasteiger partial charge in [-0.05, 0) is 50.8 Å². The molecule has 142 valence electrons. The fourth-order valence-electron chi connectivity index (χ4n) is 3.10. The summed E-state index contributed by atoms with van der Waals surface area (Å²) in [6.07, 6.45) is 2.58. The highest BCUT2D eigenvalue weighted by molar-refractivity contribution is 6.35. The fraction of sp³-hybridized carbons (Fsp3) is 0.444. The molecule has 1 aliphatic rings. The first-order valence-electron chi connectivity index (χ1n) is 8.40. The third-order valence-corrected chi connectivity index (χ3v) is 5.25. The van der Waals surface area contributed by atoms with Gasteiger partial charge in [-0.3, -0.25) is 4.79 Å². The molecule has 1 aromatic carbocycles. The van der Waals surface area contributed by atoms with Crippen LogP contribution in [0.15, 0.2) is 18.2 Å². The molecule has 1 aliphatic carbocycles.